The number of carboxylic acid groups (broad SMARTS) is 1. The number of imidazole rings is 1. The second kappa shape index (κ2) is 6.95. The molecule has 0 aliphatic carbocycles. The number of hydrogen-bond donors (Lipinski definition) is 2. The zero-order valence-corrected chi connectivity index (χ0v) is 14.7. The van der Waals surface area contributed by atoms with Crippen LogP contribution in [0.15, 0.2) is 28.9 Å². The molecule has 0 aliphatic rings. The zero-order chi connectivity index (χ0) is 19.7. The van der Waals surface area contributed by atoms with E-state index in [-0.39, 0.29) is 5.56 Å². The summed E-state index contributed by atoms with van der Waals surface area (Å²) in [5.41, 5.74) is -3.09. The number of nitrogens with zero attached hydrogens (tertiary/aromatic N) is 3. The zero-order valence-electron chi connectivity index (χ0n) is 13.1. The van der Waals surface area contributed by atoms with Crippen molar-refractivity contribution in [2.45, 2.75) is 25.2 Å². The van der Waals surface area contributed by atoms with Crippen LogP contribution in [-0.2, 0) is 18.3 Å². The summed E-state index contributed by atoms with van der Waals surface area (Å²) >= 11 is 3.14. The third-order valence-electron chi connectivity index (χ3n) is 3.56. The first kappa shape index (κ1) is 19.7. The van der Waals surface area contributed by atoms with Gasteiger partial charge in [-0.15, -0.1) is 0 Å². The first-order valence-electron chi connectivity index (χ1n) is 6.97. The minimum Gasteiger partial charge on any atom is -0.465 e. The van der Waals surface area contributed by atoms with Gasteiger partial charge in [-0.1, -0.05) is 15.9 Å². The van der Waals surface area contributed by atoms with Crippen LogP contribution in [0.5, 0.6) is 0 Å². The molecule has 1 heterocycles. The molecule has 1 amide bonds. The normalized spacial score (nSPS) is 13.7. The van der Waals surface area contributed by atoms with Gasteiger partial charge in [0.1, 0.15) is 11.9 Å². The smallest absolute Gasteiger partial charge is 0.434 e. The first-order chi connectivity index (χ1) is 12.0. The van der Waals surface area contributed by atoms with E-state index in [1.54, 1.807) is 0 Å². The Hall–Kier alpha value is -2.61. The van der Waals surface area contributed by atoms with E-state index >= 15 is 0 Å². The summed E-state index contributed by atoms with van der Waals surface area (Å²) in [5.74, 6) is -1.34. The molecule has 6 nitrogen and oxygen atoms in total. The highest BCUT2D eigenvalue weighted by atomic mass is 79.9. The van der Waals surface area contributed by atoms with Gasteiger partial charge in [-0.3, -0.25) is 0 Å². The molecule has 0 aliphatic heterocycles. The summed E-state index contributed by atoms with van der Waals surface area (Å²) < 4.78 is 54.1. The maximum atomic E-state index is 14.3. The average molecular weight is 435 g/mol. The van der Waals surface area contributed by atoms with Crippen molar-refractivity contribution in [2.24, 2.45) is 0 Å². The van der Waals surface area contributed by atoms with Crippen LogP contribution in [-0.4, -0.2) is 20.8 Å². The monoisotopic (exact) mass is 434 g/mol. The van der Waals surface area contributed by atoms with Gasteiger partial charge in [0, 0.05) is 16.2 Å². The van der Waals surface area contributed by atoms with Crippen molar-refractivity contribution in [3.63, 3.8) is 0 Å². The van der Waals surface area contributed by atoms with E-state index in [2.05, 4.69) is 26.2 Å². The van der Waals surface area contributed by atoms with Crippen molar-refractivity contribution in [2.75, 3.05) is 0 Å². The van der Waals surface area contributed by atoms with Gasteiger partial charge in [-0.25, -0.2) is 14.2 Å². The van der Waals surface area contributed by atoms with E-state index in [4.69, 9.17) is 10.4 Å². The third-order valence-corrected chi connectivity index (χ3v) is 4.05. The number of nitrogens with one attached hydrogen (secondary N) is 1. The number of carbonyl (C=O) groups is 1. The van der Waals surface area contributed by atoms with Crippen molar-refractivity contribution >= 4 is 22.0 Å². The van der Waals surface area contributed by atoms with Crippen molar-refractivity contribution in [3.05, 3.63) is 51.8 Å². The molecule has 11 heteroatoms. The SMILES string of the molecule is CC(Cn1cc(C(F)(F)F)nc1C#N)(NC(=O)O)c1cc(Br)ccc1F. The number of rotatable bonds is 4. The predicted molar refractivity (Wildman–Crippen MR) is 84.6 cm³/mol. The highest BCUT2D eigenvalue weighted by Gasteiger charge is 2.37. The molecule has 0 bridgehead atoms. The number of alkyl halides is 3. The Bertz CT molecular complexity index is 891. The molecule has 0 spiro atoms. The number of hydrogen-bond acceptors (Lipinski definition) is 3. The van der Waals surface area contributed by atoms with Gasteiger partial charge < -0.3 is 15.0 Å². The summed E-state index contributed by atoms with van der Waals surface area (Å²) in [7, 11) is 0. The molecule has 2 N–H and O–H groups in total. The fraction of sp³-hybridized carbons (Fsp3) is 0.267. The van der Waals surface area contributed by atoms with Crippen LogP contribution in [0.3, 0.4) is 0 Å². The molecule has 1 atom stereocenters. The Balaban J connectivity index is 2.56. The number of halogens is 5. The maximum absolute atomic E-state index is 14.3. The summed E-state index contributed by atoms with van der Waals surface area (Å²) in [6, 6.07) is 5.29. The quantitative estimate of drug-likeness (QED) is 0.714. The Kier molecular flexibility index (Phi) is 5.27. The van der Waals surface area contributed by atoms with Crippen molar-refractivity contribution in [3.8, 4) is 6.07 Å². The van der Waals surface area contributed by atoms with E-state index in [0.717, 1.165) is 10.6 Å². The molecule has 0 radical (unpaired) electrons. The summed E-state index contributed by atoms with van der Waals surface area (Å²) in [5, 5.41) is 20.2. The topological polar surface area (TPSA) is 90.9 Å². The van der Waals surface area contributed by atoms with Crippen molar-refractivity contribution < 1.29 is 27.5 Å². The molecule has 0 saturated carbocycles. The second-order valence-corrected chi connectivity index (χ2v) is 6.49. The van der Waals surface area contributed by atoms with Crippen LogP contribution in [0.4, 0.5) is 22.4 Å². The molecule has 0 saturated heterocycles. The Labute approximate surface area is 153 Å². The molecule has 2 aromatic rings. The van der Waals surface area contributed by atoms with Crippen LogP contribution in [0.2, 0.25) is 0 Å². The fourth-order valence-electron chi connectivity index (χ4n) is 2.45. The molecule has 1 aromatic carbocycles. The number of aromatic nitrogens is 2. The van der Waals surface area contributed by atoms with Crippen LogP contribution in [0.25, 0.3) is 0 Å². The molecule has 1 unspecified atom stereocenters. The lowest BCUT2D eigenvalue weighted by Crippen LogP contribution is -2.46. The van der Waals surface area contributed by atoms with Gasteiger partial charge in [0.2, 0.25) is 5.82 Å². The van der Waals surface area contributed by atoms with Crippen LogP contribution >= 0.6 is 15.9 Å². The summed E-state index contributed by atoms with van der Waals surface area (Å²) in [6.45, 7) is 0.805. The highest BCUT2D eigenvalue weighted by molar-refractivity contribution is 9.10. The Morgan fingerprint density at radius 2 is 2.12 bits per heavy atom. The van der Waals surface area contributed by atoms with Gasteiger partial charge in [0.05, 0.1) is 12.1 Å². The molecular formula is C15H11BrF4N4O2. The largest absolute Gasteiger partial charge is 0.465 e. The standard InChI is InChI=1S/C15H11BrF4N4O2/c1-14(23-13(25)26,9-4-8(16)2-3-10(9)17)7-24-6-11(15(18,19)20)22-12(24)5-21/h2-4,6,23H,7H2,1H3,(H,25,26). The molecule has 26 heavy (non-hydrogen) atoms. The number of nitriles is 1. The van der Waals surface area contributed by atoms with E-state index < -0.39 is 41.7 Å². The van der Waals surface area contributed by atoms with Crippen molar-refractivity contribution in [1.29, 1.82) is 5.26 Å². The summed E-state index contributed by atoms with van der Waals surface area (Å²) in [4.78, 5) is 14.4. The lowest BCUT2D eigenvalue weighted by Gasteiger charge is -2.31. The van der Waals surface area contributed by atoms with Gasteiger partial charge >= 0.3 is 12.3 Å². The minimum absolute atomic E-state index is 0.111. The van der Waals surface area contributed by atoms with E-state index in [0.29, 0.717) is 10.7 Å². The lowest BCUT2D eigenvalue weighted by atomic mass is 9.91. The van der Waals surface area contributed by atoms with Gasteiger partial charge in [-0.2, -0.15) is 18.4 Å². The molecular weight excluding hydrogens is 424 g/mol. The Morgan fingerprint density at radius 3 is 2.65 bits per heavy atom. The lowest BCUT2D eigenvalue weighted by molar-refractivity contribution is -0.141. The van der Waals surface area contributed by atoms with Crippen LogP contribution in [0.1, 0.15) is 24.0 Å². The first-order valence-corrected chi connectivity index (χ1v) is 7.76. The van der Waals surface area contributed by atoms with E-state index in [1.807, 2.05) is 0 Å². The molecule has 1 aromatic heterocycles. The number of benzene rings is 1. The second-order valence-electron chi connectivity index (χ2n) is 5.57. The van der Waals surface area contributed by atoms with Gasteiger partial charge in [-0.05, 0) is 25.1 Å². The van der Waals surface area contributed by atoms with Gasteiger partial charge in [0.25, 0.3) is 0 Å². The van der Waals surface area contributed by atoms with E-state index in [1.165, 1.54) is 25.1 Å². The maximum Gasteiger partial charge on any atom is 0.434 e. The minimum atomic E-state index is -4.78. The molecule has 138 valence electrons. The highest BCUT2D eigenvalue weighted by Crippen LogP contribution is 2.32. The molecule has 0 fully saturated rings. The Morgan fingerprint density at radius 1 is 1.46 bits per heavy atom. The van der Waals surface area contributed by atoms with E-state index in [9.17, 15) is 22.4 Å². The third kappa shape index (κ3) is 4.13. The van der Waals surface area contributed by atoms with Crippen molar-refractivity contribution in [1.82, 2.24) is 14.9 Å². The predicted octanol–water partition coefficient (Wildman–Crippen LogP) is 3.86. The van der Waals surface area contributed by atoms with Crippen LogP contribution in [0, 0.1) is 17.1 Å². The molecule has 2 rings (SSSR count). The fourth-order valence-corrected chi connectivity index (χ4v) is 2.81. The summed E-state index contributed by atoms with van der Waals surface area (Å²) in [6.07, 6.45) is -5.72. The van der Waals surface area contributed by atoms with Gasteiger partial charge in [0.15, 0.2) is 5.69 Å². The van der Waals surface area contributed by atoms with Crippen LogP contribution < -0.4 is 5.32 Å². The average Bonchev–Trinajstić information content (AvgIpc) is 2.91. The number of amides is 1.